The van der Waals surface area contributed by atoms with E-state index in [-0.39, 0.29) is 5.56 Å². The second-order valence-corrected chi connectivity index (χ2v) is 2.24. The van der Waals surface area contributed by atoms with Gasteiger partial charge in [0.2, 0.25) is 0 Å². The van der Waals surface area contributed by atoms with Crippen LogP contribution in [0, 0.1) is 12.7 Å². The molecule has 0 unspecified atom stereocenters. The first-order valence-corrected chi connectivity index (χ1v) is 3.36. The minimum Gasteiger partial charge on any atom is -0.465 e. The fraction of sp³-hybridized carbons (Fsp3) is 0.250. The number of esters is 1. The van der Waals surface area contributed by atoms with Crippen molar-refractivity contribution in [3.63, 3.8) is 0 Å². The number of carbonyl (C=O) groups is 1. The first-order valence-electron chi connectivity index (χ1n) is 3.36. The van der Waals surface area contributed by atoms with Crippen LogP contribution in [0.3, 0.4) is 0 Å². The van der Waals surface area contributed by atoms with Gasteiger partial charge in [-0.2, -0.15) is 0 Å². The Labute approximate surface area is 69.2 Å². The molecule has 4 heteroatoms. The van der Waals surface area contributed by atoms with Crippen LogP contribution in [0.4, 0.5) is 4.39 Å². The van der Waals surface area contributed by atoms with E-state index >= 15 is 0 Å². The smallest absolute Gasteiger partial charge is 0.342 e. The molecule has 0 fully saturated rings. The molecule has 0 saturated carbocycles. The van der Waals surface area contributed by atoms with E-state index in [1.165, 1.54) is 13.3 Å². The van der Waals surface area contributed by atoms with E-state index in [9.17, 15) is 9.18 Å². The van der Waals surface area contributed by atoms with Crippen LogP contribution in [0.5, 0.6) is 0 Å². The Balaban J connectivity index is 3.21. The van der Waals surface area contributed by atoms with Gasteiger partial charge in [0.25, 0.3) is 0 Å². The van der Waals surface area contributed by atoms with Crippen molar-refractivity contribution in [2.24, 2.45) is 0 Å². The lowest BCUT2D eigenvalue weighted by Gasteiger charge is -2.02. The van der Waals surface area contributed by atoms with Gasteiger partial charge in [-0.25, -0.2) is 9.18 Å². The molecule has 0 radical (unpaired) electrons. The fourth-order valence-corrected chi connectivity index (χ4v) is 0.882. The van der Waals surface area contributed by atoms with Crippen molar-refractivity contribution in [1.82, 2.24) is 4.98 Å². The molecule has 0 aliphatic heterocycles. The number of halogens is 1. The SMILES string of the molecule is COC(=O)c1c(F)ccnc1C. The number of aryl methyl sites for hydroxylation is 1. The summed E-state index contributed by atoms with van der Waals surface area (Å²) in [5.74, 6) is -1.30. The maximum Gasteiger partial charge on any atom is 0.342 e. The number of pyridine rings is 1. The Morgan fingerprint density at radius 1 is 1.67 bits per heavy atom. The molecule has 0 aliphatic carbocycles. The van der Waals surface area contributed by atoms with E-state index in [0.29, 0.717) is 5.69 Å². The van der Waals surface area contributed by atoms with Gasteiger partial charge >= 0.3 is 5.97 Å². The van der Waals surface area contributed by atoms with Crippen molar-refractivity contribution >= 4 is 5.97 Å². The molecule has 0 spiro atoms. The second kappa shape index (κ2) is 3.30. The first-order chi connectivity index (χ1) is 5.66. The molecule has 0 N–H and O–H groups in total. The zero-order valence-corrected chi connectivity index (χ0v) is 6.80. The summed E-state index contributed by atoms with van der Waals surface area (Å²) >= 11 is 0. The molecule has 0 aliphatic rings. The molecule has 64 valence electrons. The largest absolute Gasteiger partial charge is 0.465 e. The molecule has 0 saturated heterocycles. The lowest BCUT2D eigenvalue weighted by Crippen LogP contribution is -2.07. The van der Waals surface area contributed by atoms with Crippen LogP contribution in [-0.2, 0) is 4.74 Å². The van der Waals surface area contributed by atoms with Crippen molar-refractivity contribution in [2.75, 3.05) is 7.11 Å². The number of methoxy groups -OCH3 is 1. The molecule has 12 heavy (non-hydrogen) atoms. The summed E-state index contributed by atoms with van der Waals surface area (Å²) in [7, 11) is 1.20. The predicted octanol–water partition coefficient (Wildman–Crippen LogP) is 1.32. The molecule has 0 aromatic carbocycles. The van der Waals surface area contributed by atoms with E-state index in [2.05, 4.69) is 9.72 Å². The Morgan fingerprint density at radius 2 is 2.33 bits per heavy atom. The average Bonchev–Trinajstić information content (AvgIpc) is 2.03. The van der Waals surface area contributed by atoms with E-state index in [0.717, 1.165) is 6.07 Å². The van der Waals surface area contributed by atoms with Crippen LogP contribution >= 0.6 is 0 Å². The maximum atomic E-state index is 12.9. The Morgan fingerprint density at radius 3 is 2.83 bits per heavy atom. The highest BCUT2D eigenvalue weighted by molar-refractivity contribution is 5.90. The summed E-state index contributed by atoms with van der Waals surface area (Å²) in [6, 6.07) is 1.12. The number of aromatic nitrogens is 1. The Hall–Kier alpha value is -1.45. The van der Waals surface area contributed by atoms with Gasteiger partial charge in [-0.1, -0.05) is 0 Å². The molecule has 1 heterocycles. The first kappa shape index (κ1) is 8.64. The number of carbonyl (C=O) groups excluding carboxylic acids is 1. The van der Waals surface area contributed by atoms with Crippen LogP contribution in [0.2, 0.25) is 0 Å². The van der Waals surface area contributed by atoms with Crippen molar-refractivity contribution in [3.05, 3.63) is 29.3 Å². The Kier molecular flexibility index (Phi) is 2.38. The molecule has 0 amide bonds. The zero-order chi connectivity index (χ0) is 9.14. The Bertz CT molecular complexity index is 292. The molecule has 0 atom stereocenters. The van der Waals surface area contributed by atoms with Crippen LogP contribution in [-0.4, -0.2) is 18.1 Å². The van der Waals surface area contributed by atoms with Crippen LogP contribution in [0.1, 0.15) is 16.1 Å². The number of rotatable bonds is 1. The van der Waals surface area contributed by atoms with Crippen LogP contribution in [0.25, 0.3) is 0 Å². The molecular formula is C8H8FNO2. The van der Waals surface area contributed by atoms with Gasteiger partial charge in [0.15, 0.2) is 0 Å². The summed E-state index contributed by atoms with van der Waals surface area (Å²) in [6.07, 6.45) is 1.30. The third-order valence-electron chi connectivity index (χ3n) is 1.48. The summed E-state index contributed by atoms with van der Waals surface area (Å²) in [5, 5.41) is 0. The average molecular weight is 169 g/mol. The zero-order valence-electron chi connectivity index (χ0n) is 6.80. The molecule has 1 rings (SSSR count). The lowest BCUT2D eigenvalue weighted by atomic mass is 10.2. The summed E-state index contributed by atoms with van der Waals surface area (Å²) in [4.78, 5) is 14.7. The van der Waals surface area contributed by atoms with Gasteiger partial charge in [0.1, 0.15) is 11.4 Å². The second-order valence-electron chi connectivity index (χ2n) is 2.24. The highest BCUT2D eigenvalue weighted by Crippen LogP contribution is 2.10. The highest BCUT2D eigenvalue weighted by Gasteiger charge is 2.14. The number of hydrogen-bond donors (Lipinski definition) is 0. The summed E-state index contributed by atoms with van der Waals surface area (Å²) < 4.78 is 17.3. The molecule has 1 aromatic rings. The minimum atomic E-state index is -0.696. The highest BCUT2D eigenvalue weighted by atomic mass is 19.1. The normalized spacial score (nSPS) is 9.58. The standard InChI is InChI=1S/C8H8FNO2/c1-5-7(8(11)12-2)6(9)3-4-10-5/h3-4H,1-2H3. The number of nitrogens with zero attached hydrogens (tertiary/aromatic N) is 1. The van der Waals surface area contributed by atoms with Crippen molar-refractivity contribution in [3.8, 4) is 0 Å². The van der Waals surface area contributed by atoms with Gasteiger partial charge < -0.3 is 4.74 Å². The van der Waals surface area contributed by atoms with Gasteiger partial charge in [-0.3, -0.25) is 4.98 Å². The third kappa shape index (κ3) is 1.42. The van der Waals surface area contributed by atoms with Gasteiger partial charge in [-0.15, -0.1) is 0 Å². The molecule has 1 aromatic heterocycles. The monoisotopic (exact) mass is 169 g/mol. The van der Waals surface area contributed by atoms with E-state index in [1.54, 1.807) is 6.92 Å². The predicted molar refractivity (Wildman–Crippen MR) is 40.3 cm³/mol. The topological polar surface area (TPSA) is 39.2 Å². The lowest BCUT2D eigenvalue weighted by molar-refractivity contribution is 0.0594. The van der Waals surface area contributed by atoms with Crippen molar-refractivity contribution < 1.29 is 13.9 Å². The summed E-state index contributed by atoms with van der Waals surface area (Å²) in [5.41, 5.74) is 0.238. The van der Waals surface area contributed by atoms with Gasteiger partial charge in [0.05, 0.1) is 12.8 Å². The van der Waals surface area contributed by atoms with Crippen molar-refractivity contribution in [1.29, 1.82) is 0 Å². The van der Waals surface area contributed by atoms with Crippen molar-refractivity contribution in [2.45, 2.75) is 6.92 Å². The van der Waals surface area contributed by atoms with E-state index in [4.69, 9.17) is 0 Å². The van der Waals surface area contributed by atoms with Gasteiger partial charge in [0, 0.05) is 6.20 Å². The van der Waals surface area contributed by atoms with E-state index < -0.39 is 11.8 Å². The van der Waals surface area contributed by atoms with Crippen LogP contribution in [0.15, 0.2) is 12.3 Å². The quantitative estimate of drug-likeness (QED) is 0.595. The van der Waals surface area contributed by atoms with Crippen LogP contribution < -0.4 is 0 Å². The third-order valence-corrected chi connectivity index (χ3v) is 1.48. The minimum absolute atomic E-state index is 0.0972. The summed E-state index contributed by atoms with van der Waals surface area (Å²) in [6.45, 7) is 1.55. The number of ether oxygens (including phenoxy) is 1. The maximum absolute atomic E-state index is 12.9. The van der Waals surface area contributed by atoms with Gasteiger partial charge in [-0.05, 0) is 13.0 Å². The molecule has 0 bridgehead atoms. The fourth-order valence-electron chi connectivity index (χ4n) is 0.882. The van der Waals surface area contributed by atoms with E-state index in [1.807, 2.05) is 0 Å². The molecular weight excluding hydrogens is 161 g/mol. The molecule has 3 nitrogen and oxygen atoms in total. The number of hydrogen-bond acceptors (Lipinski definition) is 3.